The molecule has 9 heteroatoms. The highest BCUT2D eigenvalue weighted by Gasteiger charge is 2.32. The molecule has 2 saturated heterocycles. The molecular weight excluding hydrogens is 396 g/mol. The molecule has 0 atom stereocenters. The van der Waals surface area contributed by atoms with Crippen molar-refractivity contribution in [1.82, 2.24) is 14.9 Å². The molecule has 1 aromatic heterocycles. The minimum absolute atomic E-state index is 0.185. The van der Waals surface area contributed by atoms with Crippen LogP contribution in [0.15, 0.2) is 18.5 Å². The summed E-state index contributed by atoms with van der Waals surface area (Å²) in [4.78, 5) is 21.8. The van der Waals surface area contributed by atoms with Crippen molar-refractivity contribution >= 4 is 28.3 Å². The monoisotopic (exact) mass is 420 g/mol. The van der Waals surface area contributed by atoms with Crippen molar-refractivity contribution in [1.29, 1.82) is 0 Å². The van der Waals surface area contributed by atoms with Crippen LogP contribution in [0, 0.1) is 0 Å². The maximum Gasteiger partial charge on any atom is 0.288 e. The van der Waals surface area contributed by atoms with Crippen molar-refractivity contribution in [2.45, 2.75) is 50.4 Å². The van der Waals surface area contributed by atoms with Crippen molar-refractivity contribution in [3.63, 3.8) is 0 Å². The number of alkyl halides is 1. The second-order valence-electron chi connectivity index (χ2n) is 7.68. The number of fused-ring (bicyclic) bond motifs is 1. The fourth-order valence-corrected chi connectivity index (χ4v) is 4.32. The van der Waals surface area contributed by atoms with Gasteiger partial charge in [0.2, 0.25) is 0 Å². The van der Waals surface area contributed by atoms with E-state index in [0.29, 0.717) is 23.7 Å². The van der Waals surface area contributed by atoms with E-state index in [1.54, 1.807) is 0 Å². The second-order valence-corrected chi connectivity index (χ2v) is 8.03. The lowest BCUT2D eigenvalue weighted by atomic mass is 10.2. The van der Waals surface area contributed by atoms with Gasteiger partial charge in [-0.2, -0.15) is 9.68 Å². The Labute approximate surface area is 174 Å². The third-order valence-electron chi connectivity index (χ3n) is 5.66. The standard InChI is InChI=1S/C20H25ClN4O4/c21-20-28-25(29-20)19-18-16(22-13-23-19)11-15(26-10-9-24-7-3-4-8-24)12-17(18)27-14-5-1-2-6-14/h11-14,20H,1-10H2. The lowest BCUT2D eigenvalue weighted by Crippen LogP contribution is -2.43. The fourth-order valence-electron chi connectivity index (χ4n) is 4.17. The van der Waals surface area contributed by atoms with E-state index in [-0.39, 0.29) is 6.10 Å². The Kier molecular flexibility index (Phi) is 5.59. The number of halogens is 1. The molecule has 1 aliphatic carbocycles. The van der Waals surface area contributed by atoms with Gasteiger partial charge in [-0.25, -0.2) is 9.97 Å². The average molecular weight is 421 g/mol. The van der Waals surface area contributed by atoms with Crippen LogP contribution in [0.5, 0.6) is 11.5 Å². The van der Waals surface area contributed by atoms with Crippen LogP contribution in [0.2, 0.25) is 0 Å². The first-order valence-corrected chi connectivity index (χ1v) is 10.8. The molecule has 0 bridgehead atoms. The zero-order chi connectivity index (χ0) is 19.6. The maximum absolute atomic E-state index is 6.35. The van der Waals surface area contributed by atoms with Crippen molar-refractivity contribution in [3.8, 4) is 11.5 Å². The number of rotatable bonds is 7. The number of aromatic nitrogens is 2. The summed E-state index contributed by atoms with van der Waals surface area (Å²) in [6.07, 6.45) is 8.67. The van der Waals surface area contributed by atoms with Crippen LogP contribution in [0.1, 0.15) is 38.5 Å². The van der Waals surface area contributed by atoms with E-state index >= 15 is 0 Å². The zero-order valence-electron chi connectivity index (χ0n) is 16.3. The van der Waals surface area contributed by atoms with Gasteiger partial charge in [-0.3, -0.25) is 4.90 Å². The van der Waals surface area contributed by atoms with Crippen molar-refractivity contribution in [2.24, 2.45) is 0 Å². The van der Waals surface area contributed by atoms with E-state index in [9.17, 15) is 0 Å². The summed E-state index contributed by atoms with van der Waals surface area (Å²) in [6, 6.07) is 3.83. The molecule has 1 saturated carbocycles. The number of hydrogen-bond acceptors (Lipinski definition) is 8. The molecule has 0 amide bonds. The Morgan fingerprint density at radius 3 is 2.62 bits per heavy atom. The van der Waals surface area contributed by atoms with E-state index in [2.05, 4.69) is 14.9 Å². The third kappa shape index (κ3) is 4.21. The summed E-state index contributed by atoms with van der Waals surface area (Å²) in [5.74, 6) is 1.09. The molecule has 1 aromatic carbocycles. The van der Waals surface area contributed by atoms with Gasteiger partial charge in [0.1, 0.15) is 24.4 Å². The molecule has 3 aliphatic rings. The van der Waals surface area contributed by atoms with Gasteiger partial charge in [0.25, 0.3) is 5.75 Å². The number of nitrogens with zero attached hydrogens (tertiary/aromatic N) is 4. The topological polar surface area (TPSA) is 69.2 Å². The van der Waals surface area contributed by atoms with Crippen LogP contribution in [-0.2, 0) is 9.68 Å². The first kappa shape index (κ1) is 19.1. The second kappa shape index (κ2) is 8.47. The van der Waals surface area contributed by atoms with Crippen molar-refractivity contribution in [3.05, 3.63) is 18.5 Å². The van der Waals surface area contributed by atoms with Gasteiger partial charge < -0.3 is 9.47 Å². The Hall–Kier alpha value is -1.87. The first-order chi connectivity index (χ1) is 14.3. The Bertz CT molecular complexity index is 852. The summed E-state index contributed by atoms with van der Waals surface area (Å²) < 4.78 is 12.4. The number of likely N-dealkylation sites (tertiary alicyclic amines) is 1. The molecule has 0 spiro atoms. The Morgan fingerprint density at radius 2 is 1.86 bits per heavy atom. The highest BCUT2D eigenvalue weighted by atomic mass is 35.5. The molecule has 8 nitrogen and oxygen atoms in total. The number of ether oxygens (including phenoxy) is 2. The van der Waals surface area contributed by atoms with Crippen LogP contribution >= 0.6 is 11.6 Å². The summed E-state index contributed by atoms with van der Waals surface area (Å²) in [5, 5.41) is 1.94. The number of hydrogen-bond donors (Lipinski definition) is 0. The third-order valence-corrected chi connectivity index (χ3v) is 5.82. The lowest BCUT2D eigenvalue weighted by molar-refractivity contribution is -0.306. The number of benzene rings is 1. The van der Waals surface area contributed by atoms with Gasteiger partial charge >= 0.3 is 0 Å². The summed E-state index contributed by atoms with van der Waals surface area (Å²) in [5.41, 5.74) is 0.715. The normalized spacial score (nSPS) is 21.1. The zero-order valence-corrected chi connectivity index (χ0v) is 17.0. The van der Waals surface area contributed by atoms with E-state index in [0.717, 1.165) is 43.6 Å². The summed E-state index contributed by atoms with van der Waals surface area (Å²) in [7, 11) is 0. The lowest BCUT2D eigenvalue weighted by Gasteiger charge is -2.33. The molecule has 0 N–H and O–H groups in total. The Morgan fingerprint density at radius 1 is 1.07 bits per heavy atom. The molecule has 2 aromatic rings. The Balaban J connectivity index is 1.42. The predicted molar refractivity (Wildman–Crippen MR) is 108 cm³/mol. The fraction of sp³-hybridized carbons (Fsp3) is 0.600. The molecule has 0 unspecified atom stereocenters. The minimum atomic E-state index is -0.813. The molecule has 3 heterocycles. The minimum Gasteiger partial charge on any atom is -0.492 e. The van der Waals surface area contributed by atoms with Crippen LogP contribution in [0.25, 0.3) is 10.9 Å². The van der Waals surface area contributed by atoms with Gasteiger partial charge in [0, 0.05) is 18.7 Å². The molecule has 3 fully saturated rings. The van der Waals surface area contributed by atoms with E-state index in [4.69, 9.17) is 30.7 Å². The van der Waals surface area contributed by atoms with Gasteiger partial charge in [0.15, 0.2) is 5.82 Å². The van der Waals surface area contributed by atoms with E-state index < -0.39 is 5.75 Å². The quantitative estimate of drug-likeness (QED) is 0.629. The predicted octanol–water partition coefficient (Wildman–Crippen LogP) is 3.63. The van der Waals surface area contributed by atoms with Crippen LogP contribution < -0.4 is 14.7 Å². The van der Waals surface area contributed by atoms with Crippen LogP contribution in [0.3, 0.4) is 0 Å². The summed E-state index contributed by atoms with van der Waals surface area (Å²) >= 11 is 5.77. The van der Waals surface area contributed by atoms with Gasteiger partial charge in [-0.05, 0) is 51.6 Å². The van der Waals surface area contributed by atoms with Crippen LogP contribution in [-0.4, -0.2) is 53.0 Å². The molecule has 0 radical (unpaired) electrons. The highest BCUT2D eigenvalue weighted by molar-refractivity contribution is 6.19. The summed E-state index contributed by atoms with van der Waals surface area (Å²) in [6.45, 7) is 3.88. The SMILES string of the molecule is ClC1ON(c2ncnc3cc(OCCN4CCCC4)cc(OC4CCCC4)c23)O1. The van der Waals surface area contributed by atoms with E-state index in [1.807, 2.05) is 12.1 Å². The van der Waals surface area contributed by atoms with Gasteiger partial charge in [0.05, 0.1) is 17.0 Å². The smallest absolute Gasteiger partial charge is 0.288 e. The van der Waals surface area contributed by atoms with Gasteiger partial charge in [-0.1, -0.05) is 16.8 Å². The first-order valence-electron chi connectivity index (χ1n) is 10.3. The molecule has 29 heavy (non-hydrogen) atoms. The largest absolute Gasteiger partial charge is 0.492 e. The maximum atomic E-state index is 6.35. The number of anilines is 1. The van der Waals surface area contributed by atoms with Crippen LogP contribution in [0.4, 0.5) is 5.82 Å². The molecule has 2 aliphatic heterocycles. The molecule has 5 rings (SSSR count). The molecular formula is C20H25ClN4O4. The highest BCUT2D eigenvalue weighted by Crippen LogP contribution is 2.40. The van der Waals surface area contributed by atoms with Crippen molar-refractivity contribution in [2.75, 3.05) is 31.5 Å². The molecule has 156 valence electrons. The van der Waals surface area contributed by atoms with E-state index in [1.165, 1.54) is 37.2 Å². The average Bonchev–Trinajstić information content (AvgIpc) is 3.39. The van der Waals surface area contributed by atoms with Crippen molar-refractivity contribution < 1.29 is 19.1 Å². The van der Waals surface area contributed by atoms with Gasteiger partial charge in [-0.15, -0.1) is 0 Å².